The number of nitrogens with one attached hydrogen (secondary N) is 2. The molecular weight excluding hydrogens is 242 g/mol. The second-order valence-corrected chi connectivity index (χ2v) is 6.25. The first kappa shape index (κ1) is 17.9. The van der Waals surface area contributed by atoms with E-state index in [4.69, 9.17) is 0 Å². The molecule has 5 heteroatoms. The Morgan fingerprint density at radius 3 is 1.95 bits per heavy atom. The number of carbonyl (C=O) groups excluding carboxylic acids is 2. The Balaban J connectivity index is 3.69. The van der Waals surface area contributed by atoms with E-state index in [9.17, 15) is 9.59 Å². The molecule has 0 unspecified atom stereocenters. The molecule has 0 bridgehead atoms. The molecule has 2 amide bonds. The highest BCUT2D eigenvalue weighted by atomic mass is 16.2. The molecule has 19 heavy (non-hydrogen) atoms. The van der Waals surface area contributed by atoms with Crippen LogP contribution in [-0.4, -0.2) is 49.9 Å². The summed E-state index contributed by atoms with van der Waals surface area (Å²) in [5, 5.41) is 5.77. The zero-order valence-corrected chi connectivity index (χ0v) is 13.2. The van der Waals surface area contributed by atoms with Crippen LogP contribution in [0.2, 0.25) is 0 Å². The largest absolute Gasteiger partial charge is 0.355 e. The number of amides is 2. The van der Waals surface area contributed by atoms with Crippen molar-refractivity contribution in [3.8, 4) is 0 Å². The fourth-order valence-corrected chi connectivity index (χ4v) is 1.31. The standard InChI is InChI=1S/C14H29N3O2/c1-11(2)12(18)15-7-9-17(6)10-8-16-13(19)14(3,4)5/h11H,7-10H2,1-6H3,(H,15,18)(H,16,19). The number of likely N-dealkylation sites (N-methyl/N-ethyl adjacent to an activating group) is 1. The monoisotopic (exact) mass is 271 g/mol. The number of hydrogen-bond donors (Lipinski definition) is 2. The predicted molar refractivity (Wildman–Crippen MR) is 77.8 cm³/mol. The molecule has 0 aliphatic heterocycles. The molecule has 0 saturated carbocycles. The molecule has 0 aliphatic carbocycles. The molecule has 0 atom stereocenters. The molecule has 2 N–H and O–H groups in total. The van der Waals surface area contributed by atoms with E-state index < -0.39 is 0 Å². The van der Waals surface area contributed by atoms with Crippen LogP contribution in [0.4, 0.5) is 0 Å². The van der Waals surface area contributed by atoms with Crippen LogP contribution >= 0.6 is 0 Å². The zero-order chi connectivity index (χ0) is 15.1. The van der Waals surface area contributed by atoms with Gasteiger partial charge in [-0.15, -0.1) is 0 Å². The Hall–Kier alpha value is -1.10. The summed E-state index contributed by atoms with van der Waals surface area (Å²) in [6.45, 7) is 12.3. The molecule has 0 aliphatic rings. The normalized spacial score (nSPS) is 11.8. The lowest BCUT2D eigenvalue weighted by Crippen LogP contribution is -2.41. The van der Waals surface area contributed by atoms with Gasteiger partial charge in [0.15, 0.2) is 0 Å². The molecule has 0 heterocycles. The highest BCUT2D eigenvalue weighted by Crippen LogP contribution is 2.11. The second-order valence-electron chi connectivity index (χ2n) is 6.25. The minimum Gasteiger partial charge on any atom is -0.355 e. The lowest BCUT2D eigenvalue weighted by molar-refractivity contribution is -0.128. The molecule has 0 saturated heterocycles. The van der Waals surface area contributed by atoms with Crippen LogP contribution in [0.25, 0.3) is 0 Å². The Labute approximate surface area is 117 Å². The van der Waals surface area contributed by atoms with Crippen LogP contribution in [0.15, 0.2) is 0 Å². The average Bonchev–Trinajstić information content (AvgIpc) is 2.27. The maximum absolute atomic E-state index is 11.6. The van der Waals surface area contributed by atoms with Crippen molar-refractivity contribution in [2.75, 3.05) is 33.2 Å². The van der Waals surface area contributed by atoms with Crippen molar-refractivity contribution in [2.24, 2.45) is 11.3 Å². The highest BCUT2D eigenvalue weighted by molar-refractivity contribution is 5.81. The third-order valence-electron chi connectivity index (χ3n) is 2.78. The Bertz CT molecular complexity index is 296. The van der Waals surface area contributed by atoms with Gasteiger partial charge in [-0.2, -0.15) is 0 Å². The van der Waals surface area contributed by atoms with Gasteiger partial charge in [-0.1, -0.05) is 34.6 Å². The minimum atomic E-state index is -0.343. The summed E-state index contributed by atoms with van der Waals surface area (Å²) < 4.78 is 0. The van der Waals surface area contributed by atoms with Gasteiger partial charge in [0.2, 0.25) is 11.8 Å². The molecular formula is C14H29N3O2. The van der Waals surface area contributed by atoms with E-state index in [1.54, 1.807) is 0 Å². The number of carbonyl (C=O) groups is 2. The summed E-state index contributed by atoms with van der Waals surface area (Å²) >= 11 is 0. The minimum absolute atomic E-state index is 0.0244. The Kier molecular flexibility index (Phi) is 7.68. The molecule has 0 aromatic heterocycles. The number of hydrogen-bond acceptors (Lipinski definition) is 3. The van der Waals surface area contributed by atoms with Gasteiger partial charge < -0.3 is 15.5 Å². The molecule has 0 aromatic carbocycles. The number of nitrogens with zero attached hydrogens (tertiary/aromatic N) is 1. The van der Waals surface area contributed by atoms with Crippen molar-refractivity contribution < 1.29 is 9.59 Å². The first-order chi connectivity index (χ1) is 8.64. The van der Waals surface area contributed by atoms with Crippen molar-refractivity contribution in [2.45, 2.75) is 34.6 Å². The van der Waals surface area contributed by atoms with Crippen LogP contribution in [-0.2, 0) is 9.59 Å². The molecule has 0 spiro atoms. The topological polar surface area (TPSA) is 61.4 Å². The van der Waals surface area contributed by atoms with Gasteiger partial charge in [-0.05, 0) is 7.05 Å². The van der Waals surface area contributed by atoms with Crippen LogP contribution in [0.5, 0.6) is 0 Å². The van der Waals surface area contributed by atoms with Crippen LogP contribution in [0.1, 0.15) is 34.6 Å². The van der Waals surface area contributed by atoms with Gasteiger partial charge in [-0.25, -0.2) is 0 Å². The smallest absolute Gasteiger partial charge is 0.225 e. The summed E-state index contributed by atoms with van der Waals surface area (Å²) in [4.78, 5) is 25.1. The van der Waals surface area contributed by atoms with Gasteiger partial charge in [0, 0.05) is 37.5 Å². The zero-order valence-electron chi connectivity index (χ0n) is 13.2. The molecule has 0 fully saturated rings. The third kappa shape index (κ3) is 8.59. The second kappa shape index (κ2) is 8.15. The first-order valence-electron chi connectivity index (χ1n) is 6.89. The molecule has 5 nitrogen and oxygen atoms in total. The lowest BCUT2D eigenvalue weighted by atomic mass is 9.96. The van der Waals surface area contributed by atoms with Crippen LogP contribution in [0.3, 0.4) is 0 Å². The summed E-state index contributed by atoms with van der Waals surface area (Å²) in [5.74, 6) is 0.167. The van der Waals surface area contributed by atoms with E-state index in [0.717, 1.165) is 13.1 Å². The summed E-state index contributed by atoms with van der Waals surface area (Å²) in [7, 11) is 1.98. The fourth-order valence-electron chi connectivity index (χ4n) is 1.31. The lowest BCUT2D eigenvalue weighted by Gasteiger charge is -2.21. The SMILES string of the molecule is CC(C)C(=O)NCCN(C)CCNC(=O)C(C)(C)C. The van der Waals surface area contributed by atoms with Crippen LogP contribution < -0.4 is 10.6 Å². The van der Waals surface area contributed by atoms with E-state index >= 15 is 0 Å². The molecule has 0 rings (SSSR count). The highest BCUT2D eigenvalue weighted by Gasteiger charge is 2.20. The van der Waals surface area contributed by atoms with E-state index in [0.29, 0.717) is 13.1 Å². The van der Waals surface area contributed by atoms with Crippen LogP contribution in [0, 0.1) is 11.3 Å². The third-order valence-corrected chi connectivity index (χ3v) is 2.78. The Morgan fingerprint density at radius 2 is 1.53 bits per heavy atom. The quantitative estimate of drug-likeness (QED) is 0.722. The maximum atomic E-state index is 11.6. The van der Waals surface area contributed by atoms with Gasteiger partial charge in [-0.3, -0.25) is 9.59 Å². The van der Waals surface area contributed by atoms with E-state index in [2.05, 4.69) is 15.5 Å². The van der Waals surface area contributed by atoms with Gasteiger partial charge in [0.05, 0.1) is 0 Å². The predicted octanol–water partition coefficient (Wildman–Crippen LogP) is 0.853. The molecule has 112 valence electrons. The van der Waals surface area contributed by atoms with Gasteiger partial charge in [0.1, 0.15) is 0 Å². The average molecular weight is 271 g/mol. The van der Waals surface area contributed by atoms with E-state index in [-0.39, 0.29) is 23.1 Å². The summed E-state index contributed by atoms with van der Waals surface area (Å²) in [6, 6.07) is 0. The van der Waals surface area contributed by atoms with Crippen molar-refractivity contribution in [1.29, 1.82) is 0 Å². The maximum Gasteiger partial charge on any atom is 0.225 e. The molecule has 0 aromatic rings. The van der Waals surface area contributed by atoms with E-state index in [1.807, 2.05) is 41.7 Å². The van der Waals surface area contributed by atoms with E-state index in [1.165, 1.54) is 0 Å². The summed E-state index contributed by atoms with van der Waals surface area (Å²) in [5.41, 5.74) is -0.343. The van der Waals surface area contributed by atoms with Crippen molar-refractivity contribution >= 4 is 11.8 Å². The number of rotatable bonds is 7. The summed E-state index contributed by atoms with van der Waals surface area (Å²) in [6.07, 6.45) is 0. The van der Waals surface area contributed by atoms with Crippen molar-refractivity contribution in [3.63, 3.8) is 0 Å². The van der Waals surface area contributed by atoms with Gasteiger partial charge in [0.25, 0.3) is 0 Å². The Morgan fingerprint density at radius 1 is 1.05 bits per heavy atom. The molecule has 0 radical (unpaired) electrons. The van der Waals surface area contributed by atoms with Crippen molar-refractivity contribution in [1.82, 2.24) is 15.5 Å². The van der Waals surface area contributed by atoms with Gasteiger partial charge >= 0.3 is 0 Å². The first-order valence-corrected chi connectivity index (χ1v) is 6.89. The van der Waals surface area contributed by atoms with Crippen molar-refractivity contribution in [3.05, 3.63) is 0 Å². The fraction of sp³-hybridized carbons (Fsp3) is 0.857.